The topological polar surface area (TPSA) is 43.3 Å². The fourth-order valence-corrected chi connectivity index (χ4v) is 2.43. The second kappa shape index (κ2) is 3.47. The molecule has 0 saturated heterocycles. The van der Waals surface area contributed by atoms with E-state index in [0.29, 0.717) is 11.1 Å². The van der Waals surface area contributed by atoms with Crippen molar-refractivity contribution in [3.8, 4) is 0 Å². The van der Waals surface area contributed by atoms with Crippen molar-refractivity contribution in [1.82, 2.24) is 9.38 Å². The van der Waals surface area contributed by atoms with E-state index < -0.39 is 0 Å². The summed E-state index contributed by atoms with van der Waals surface area (Å²) in [6.07, 6.45) is 4.46. The lowest BCUT2D eigenvalue weighted by atomic mass is 10.1. The Labute approximate surface area is 99.2 Å². The van der Waals surface area contributed by atoms with Crippen LogP contribution in [0.1, 0.15) is 43.1 Å². The Balaban J connectivity index is 2.30. The molecule has 16 heavy (non-hydrogen) atoms. The average molecular weight is 236 g/mol. The van der Waals surface area contributed by atoms with Gasteiger partial charge in [0.25, 0.3) is 0 Å². The highest BCUT2D eigenvalue weighted by Crippen LogP contribution is 2.41. The minimum atomic E-state index is -0.0232. The standard InChI is InChI=1S/C12H14ClN3/c1-7(14)9-3-2-6-16-10(9)11(13)15-12(16)8-4-5-8/h2-3,6-8H,4-5,14H2,1H3. The molecular weight excluding hydrogens is 222 g/mol. The Kier molecular flexibility index (Phi) is 2.19. The maximum atomic E-state index is 6.21. The molecule has 0 spiro atoms. The molecule has 1 saturated carbocycles. The lowest BCUT2D eigenvalue weighted by molar-refractivity contribution is 0.815. The zero-order valence-electron chi connectivity index (χ0n) is 9.15. The summed E-state index contributed by atoms with van der Waals surface area (Å²) >= 11 is 6.21. The van der Waals surface area contributed by atoms with Crippen LogP contribution in [-0.4, -0.2) is 9.38 Å². The van der Waals surface area contributed by atoms with Crippen LogP contribution in [-0.2, 0) is 0 Å². The van der Waals surface area contributed by atoms with Gasteiger partial charge in [-0.05, 0) is 31.4 Å². The molecule has 2 aromatic heterocycles. The largest absolute Gasteiger partial charge is 0.324 e. The van der Waals surface area contributed by atoms with Crippen LogP contribution in [0.3, 0.4) is 0 Å². The highest BCUT2D eigenvalue weighted by Gasteiger charge is 2.29. The number of nitrogens with zero attached hydrogens (tertiary/aromatic N) is 2. The van der Waals surface area contributed by atoms with E-state index in [2.05, 4.69) is 9.38 Å². The van der Waals surface area contributed by atoms with Crippen LogP contribution in [0.5, 0.6) is 0 Å². The van der Waals surface area contributed by atoms with E-state index in [1.54, 1.807) is 0 Å². The molecule has 0 aromatic carbocycles. The lowest BCUT2D eigenvalue weighted by Crippen LogP contribution is -2.07. The first-order valence-electron chi connectivity index (χ1n) is 5.60. The highest BCUT2D eigenvalue weighted by molar-refractivity contribution is 6.33. The fourth-order valence-electron chi connectivity index (χ4n) is 2.14. The second-order valence-electron chi connectivity index (χ2n) is 4.51. The van der Waals surface area contributed by atoms with Crippen LogP contribution in [0.25, 0.3) is 5.52 Å². The summed E-state index contributed by atoms with van der Waals surface area (Å²) in [5.74, 6) is 1.67. The van der Waals surface area contributed by atoms with Gasteiger partial charge in [0.05, 0.1) is 5.52 Å². The third-order valence-corrected chi connectivity index (χ3v) is 3.38. The fraction of sp³-hybridized carbons (Fsp3) is 0.417. The Morgan fingerprint density at radius 3 is 2.94 bits per heavy atom. The van der Waals surface area contributed by atoms with Gasteiger partial charge in [-0.25, -0.2) is 4.98 Å². The zero-order chi connectivity index (χ0) is 11.3. The quantitative estimate of drug-likeness (QED) is 0.870. The van der Waals surface area contributed by atoms with Crippen LogP contribution < -0.4 is 5.73 Å². The minimum Gasteiger partial charge on any atom is -0.324 e. The second-order valence-corrected chi connectivity index (χ2v) is 4.86. The lowest BCUT2D eigenvalue weighted by Gasteiger charge is -2.08. The number of halogens is 1. The molecule has 3 rings (SSSR count). The molecular formula is C12H14ClN3. The Hall–Kier alpha value is -1.06. The van der Waals surface area contributed by atoms with E-state index in [4.69, 9.17) is 17.3 Å². The van der Waals surface area contributed by atoms with Gasteiger partial charge in [0.2, 0.25) is 0 Å². The Morgan fingerprint density at radius 1 is 1.56 bits per heavy atom. The number of hydrogen-bond donors (Lipinski definition) is 1. The van der Waals surface area contributed by atoms with E-state index in [0.717, 1.165) is 16.9 Å². The molecule has 3 nitrogen and oxygen atoms in total. The van der Waals surface area contributed by atoms with Crippen LogP contribution >= 0.6 is 11.6 Å². The summed E-state index contributed by atoms with van der Waals surface area (Å²) in [4.78, 5) is 4.47. The van der Waals surface area contributed by atoms with E-state index in [-0.39, 0.29) is 6.04 Å². The molecule has 0 aliphatic heterocycles. The van der Waals surface area contributed by atoms with Crippen molar-refractivity contribution in [3.05, 3.63) is 34.9 Å². The predicted octanol–water partition coefficient (Wildman–Crippen LogP) is 2.88. The van der Waals surface area contributed by atoms with Crippen molar-refractivity contribution in [1.29, 1.82) is 0 Å². The molecule has 0 amide bonds. The summed E-state index contributed by atoms with van der Waals surface area (Å²) in [7, 11) is 0. The number of fused-ring (bicyclic) bond motifs is 1. The highest BCUT2D eigenvalue weighted by atomic mass is 35.5. The molecule has 1 atom stereocenters. The molecule has 84 valence electrons. The van der Waals surface area contributed by atoms with E-state index in [9.17, 15) is 0 Å². The smallest absolute Gasteiger partial charge is 0.155 e. The van der Waals surface area contributed by atoms with Crippen LogP contribution in [0.4, 0.5) is 0 Å². The van der Waals surface area contributed by atoms with Crippen LogP contribution in [0, 0.1) is 0 Å². The number of hydrogen-bond acceptors (Lipinski definition) is 2. The van der Waals surface area contributed by atoms with Crippen LogP contribution in [0.15, 0.2) is 18.3 Å². The molecule has 4 heteroatoms. The van der Waals surface area contributed by atoms with Gasteiger partial charge < -0.3 is 10.1 Å². The number of rotatable bonds is 2. The number of pyridine rings is 1. The zero-order valence-corrected chi connectivity index (χ0v) is 9.91. The maximum absolute atomic E-state index is 6.21. The van der Waals surface area contributed by atoms with Crippen LogP contribution in [0.2, 0.25) is 5.15 Å². The minimum absolute atomic E-state index is 0.0232. The van der Waals surface area contributed by atoms with Crippen molar-refractivity contribution >= 4 is 17.1 Å². The molecule has 2 aromatic rings. The van der Waals surface area contributed by atoms with Crippen molar-refractivity contribution < 1.29 is 0 Å². The first-order chi connectivity index (χ1) is 7.68. The van der Waals surface area contributed by atoms with E-state index >= 15 is 0 Å². The van der Waals surface area contributed by atoms with Crippen molar-refractivity contribution in [2.24, 2.45) is 5.73 Å². The normalized spacial score (nSPS) is 17.9. The molecule has 1 aliphatic carbocycles. The molecule has 2 heterocycles. The molecule has 0 radical (unpaired) electrons. The van der Waals surface area contributed by atoms with Gasteiger partial charge >= 0.3 is 0 Å². The van der Waals surface area contributed by atoms with Crippen molar-refractivity contribution in [2.45, 2.75) is 31.7 Å². The maximum Gasteiger partial charge on any atom is 0.155 e. The third kappa shape index (κ3) is 1.43. The number of imidazole rings is 1. The van der Waals surface area contributed by atoms with Crippen molar-refractivity contribution in [2.75, 3.05) is 0 Å². The Morgan fingerprint density at radius 2 is 2.31 bits per heavy atom. The van der Waals surface area contributed by atoms with Gasteiger partial charge in [-0.1, -0.05) is 17.7 Å². The first kappa shape index (κ1) is 10.1. The summed E-state index contributed by atoms with van der Waals surface area (Å²) in [5.41, 5.74) is 7.99. The molecule has 1 unspecified atom stereocenters. The molecule has 1 aliphatic rings. The van der Waals surface area contributed by atoms with Gasteiger partial charge in [0.1, 0.15) is 5.82 Å². The molecule has 1 fully saturated rings. The van der Waals surface area contributed by atoms with Crippen molar-refractivity contribution in [3.63, 3.8) is 0 Å². The summed E-state index contributed by atoms with van der Waals surface area (Å²) < 4.78 is 2.10. The first-order valence-corrected chi connectivity index (χ1v) is 5.98. The predicted molar refractivity (Wildman–Crippen MR) is 64.8 cm³/mol. The SMILES string of the molecule is CC(N)c1cccn2c(C3CC3)nc(Cl)c12. The monoisotopic (exact) mass is 235 g/mol. The summed E-state index contributed by atoms with van der Waals surface area (Å²) in [5, 5.41) is 0.579. The third-order valence-electron chi connectivity index (χ3n) is 3.11. The van der Waals surface area contributed by atoms with Gasteiger partial charge in [0.15, 0.2) is 5.15 Å². The average Bonchev–Trinajstić information content (AvgIpc) is 3.04. The van der Waals surface area contributed by atoms with E-state index in [1.807, 2.05) is 25.3 Å². The van der Waals surface area contributed by atoms with Gasteiger partial charge in [-0.15, -0.1) is 0 Å². The van der Waals surface area contributed by atoms with Gasteiger partial charge in [-0.3, -0.25) is 0 Å². The van der Waals surface area contributed by atoms with E-state index in [1.165, 1.54) is 12.8 Å². The number of nitrogens with two attached hydrogens (primary N) is 1. The molecule has 2 N–H and O–H groups in total. The number of aromatic nitrogens is 2. The Bertz CT molecular complexity index is 540. The summed E-state index contributed by atoms with van der Waals surface area (Å²) in [6, 6.07) is 4.00. The van der Waals surface area contributed by atoms with Gasteiger partial charge in [0, 0.05) is 18.2 Å². The summed E-state index contributed by atoms with van der Waals surface area (Å²) in [6.45, 7) is 1.97. The van der Waals surface area contributed by atoms with Gasteiger partial charge in [-0.2, -0.15) is 0 Å². The molecule has 0 bridgehead atoms.